The van der Waals surface area contributed by atoms with Crippen LogP contribution >= 0.6 is 0 Å². The Morgan fingerprint density at radius 1 is 0.905 bits per heavy atom. The molecule has 0 fully saturated rings. The first-order chi connectivity index (χ1) is 10.1. The molecule has 0 atom stereocenters. The Morgan fingerprint density at radius 3 is 2.24 bits per heavy atom. The summed E-state index contributed by atoms with van der Waals surface area (Å²) >= 11 is 0. The molecule has 0 unspecified atom stereocenters. The van der Waals surface area contributed by atoms with Gasteiger partial charge in [0.05, 0.1) is 26.0 Å². The Hall–Kier alpha value is -2.56. The van der Waals surface area contributed by atoms with Crippen LogP contribution in [0.4, 0.5) is 0 Å². The summed E-state index contributed by atoms with van der Waals surface area (Å²) in [5.41, 5.74) is 4.35. The summed E-state index contributed by atoms with van der Waals surface area (Å²) in [6, 6.07) is 8.10. The zero-order chi connectivity index (χ0) is 15.0. The van der Waals surface area contributed by atoms with Crippen molar-refractivity contribution < 1.29 is 9.47 Å². The van der Waals surface area contributed by atoms with E-state index in [1.807, 2.05) is 10.6 Å². The summed E-state index contributed by atoms with van der Waals surface area (Å²) in [5, 5.41) is 0. The lowest BCUT2D eigenvalue weighted by Gasteiger charge is -2.04. The highest BCUT2D eigenvalue weighted by Gasteiger charge is 2.11. The molecule has 0 bridgehead atoms. The average Bonchev–Trinajstić information content (AvgIpc) is 2.89. The minimum atomic E-state index is 0.483. The molecule has 5 nitrogen and oxygen atoms in total. The van der Waals surface area contributed by atoms with Gasteiger partial charge >= 0.3 is 0 Å². The van der Waals surface area contributed by atoms with Crippen LogP contribution in [0.25, 0.3) is 17.0 Å². The van der Waals surface area contributed by atoms with Gasteiger partial charge < -0.3 is 9.47 Å². The van der Waals surface area contributed by atoms with Gasteiger partial charge in [-0.05, 0) is 26.0 Å². The van der Waals surface area contributed by atoms with Crippen molar-refractivity contribution in [3.05, 3.63) is 41.6 Å². The van der Waals surface area contributed by atoms with Crippen LogP contribution < -0.4 is 9.47 Å². The molecule has 0 saturated carbocycles. The number of imidazole rings is 1. The van der Waals surface area contributed by atoms with E-state index in [0.717, 1.165) is 11.3 Å². The van der Waals surface area contributed by atoms with E-state index in [2.05, 4.69) is 42.0 Å². The lowest BCUT2D eigenvalue weighted by atomic mass is 10.1. The maximum Gasteiger partial charge on any atom is 0.240 e. The maximum absolute atomic E-state index is 5.37. The fourth-order valence-electron chi connectivity index (χ4n) is 2.44. The van der Waals surface area contributed by atoms with Gasteiger partial charge in [-0.1, -0.05) is 17.2 Å². The SMILES string of the molecule is COc1cc(OC)n2cc(-c3cc(C)cc(C)c3)nc2n1. The van der Waals surface area contributed by atoms with Crippen molar-refractivity contribution in [3.63, 3.8) is 0 Å². The summed E-state index contributed by atoms with van der Waals surface area (Å²) in [6.45, 7) is 4.16. The van der Waals surface area contributed by atoms with E-state index in [0.29, 0.717) is 17.5 Å². The van der Waals surface area contributed by atoms with E-state index in [1.165, 1.54) is 11.1 Å². The molecule has 2 aromatic heterocycles. The molecule has 0 aliphatic heterocycles. The van der Waals surface area contributed by atoms with Gasteiger partial charge in [-0.3, -0.25) is 4.40 Å². The average molecular weight is 283 g/mol. The number of rotatable bonds is 3. The molecular weight excluding hydrogens is 266 g/mol. The van der Waals surface area contributed by atoms with Gasteiger partial charge in [0.15, 0.2) is 0 Å². The van der Waals surface area contributed by atoms with E-state index < -0.39 is 0 Å². The van der Waals surface area contributed by atoms with E-state index in [9.17, 15) is 0 Å². The van der Waals surface area contributed by atoms with Crippen LogP contribution in [0.2, 0.25) is 0 Å². The van der Waals surface area contributed by atoms with Gasteiger partial charge in [-0.25, -0.2) is 4.98 Å². The lowest BCUT2D eigenvalue weighted by molar-refractivity contribution is 0.369. The minimum Gasteiger partial charge on any atom is -0.482 e. The van der Waals surface area contributed by atoms with Crippen LogP contribution in [0.15, 0.2) is 30.5 Å². The van der Waals surface area contributed by atoms with Gasteiger partial charge in [0.25, 0.3) is 0 Å². The molecular formula is C16H17N3O2. The smallest absolute Gasteiger partial charge is 0.240 e. The van der Waals surface area contributed by atoms with Crippen molar-refractivity contribution in [3.8, 4) is 23.0 Å². The molecule has 3 rings (SSSR count). The highest BCUT2D eigenvalue weighted by molar-refractivity contribution is 5.64. The normalized spacial score (nSPS) is 10.9. The number of ether oxygens (including phenoxy) is 2. The summed E-state index contributed by atoms with van der Waals surface area (Å²) in [5.74, 6) is 1.68. The highest BCUT2D eigenvalue weighted by Crippen LogP contribution is 2.25. The summed E-state index contributed by atoms with van der Waals surface area (Å²) in [7, 11) is 3.19. The Morgan fingerprint density at radius 2 is 1.62 bits per heavy atom. The molecule has 0 saturated heterocycles. The monoisotopic (exact) mass is 283 g/mol. The molecule has 0 spiro atoms. The van der Waals surface area contributed by atoms with E-state index in [1.54, 1.807) is 20.3 Å². The molecule has 2 heterocycles. The Balaban J connectivity index is 2.20. The van der Waals surface area contributed by atoms with E-state index in [4.69, 9.17) is 9.47 Å². The van der Waals surface area contributed by atoms with Crippen LogP contribution in [0, 0.1) is 13.8 Å². The number of nitrogens with zero attached hydrogens (tertiary/aromatic N) is 3. The van der Waals surface area contributed by atoms with Crippen molar-refractivity contribution >= 4 is 5.78 Å². The van der Waals surface area contributed by atoms with Gasteiger partial charge in [-0.15, -0.1) is 0 Å². The van der Waals surface area contributed by atoms with Crippen LogP contribution in [-0.4, -0.2) is 28.6 Å². The molecule has 5 heteroatoms. The third kappa shape index (κ3) is 2.42. The van der Waals surface area contributed by atoms with Gasteiger partial charge in [0, 0.05) is 11.8 Å². The predicted octanol–water partition coefficient (Wildman–Crippen LogP) is 3.03. The first kappa shape index (κ1) is 13.4. The minimum absolute atomic E-state index is 0.483. The van der Waals surface area contributed by atoms with E-state index in [-0.39, 0.29) is 0 Å². The third-order valence-electron chi connectivity index (χ3n) is 3.32. The van der Waals surface area contributed by atoms with E-state index >= 15 is 0 Å². The predicted molar refractivity (Wildman–Crippen MR) is 81.0 cm³/mol. The quantitative estimate of drug-likeness (QED) is 0.741. The molecule has 0 aliphatic carbocycles. The molecule has 108 valence electrons. The fourth-order valence-corrected chi connectivity index (χ4v) is 2.44. The third-order valence-corrected chi connectivity index (χ3v) is 3.32. The van der Waals surface area contributed by atoms with Gasteiger partial charge in [0.1, 0.15) is 0 Å². The summed E-state index contributed by atoms with van der Waals surface area (Å²) in [6.07, 6.45) is 1.93. The number of aryl methyl sites for hydroxylation is 2. The topological polar surface area (TPSA) is 48.7 Å². The van der Waals surface area contributed by atoms with Crippen molar-refractivity contribution in [2.75, 3.05) is 14.2 Å². The van der Waals surface area contributed by atoms with Gasteiger partial charge in [-0.2, -0.15) is 4.98 Å². The van der Waals surface area contributed by atoms with Crippen molar-refractivity contribution in [1.82, 2.24) is 14.4 Å². The molecule has 0 N–H and O–H groups in total. The first-order valence-electron chi connectivity index (χ1n) is 6.67. The van der Waals surface area contributed by atoms with Crippen LogP contribution in [0.3, 0.4) is 0 Å². The lowest BCUT2D eigenvalue weighted by Crippen LogP contribution is -1.97. The Bertz CT molecular complexity index is 788. The Labute approximate surface area is 123 Å². The van der Waals surface area contributed by atoms with Crippen molar-refractivity contribution in [2.45, 2.75) is 13.8 Å². The maximum atomic E-state index is 5.37. The Kier molecular flexibility index (Phi) is 3.25. The van der Waals surface area contributed by atoms with Gasteiger partial charge in [0.2, 0.25) is 17.5 Å². The first-order valence-corrected chi connectivity index (χ1v) is 6.67. The van der Waals surface area contributed by atoms with Crippen LogP contribution in [-0.2, 0) is 0 Å². The molecule has 1 aromatic carbocycles. The van der Waals surface area contributed by atoms with Crippen molar-refractivity contribution in [2.24, 2.45) is 0 Å². The molecule has 3 aromatic rings. The van der Waals surface area contributed by atoms with Crippen LogP contribution in [0.5, 0.6) is 11.8 Å². The zero-order valence-electron chi connectivity index (χ0n) is 12.5. The zero-order valence-corrected chi connectivity index (χ0v) is 12.5. The number of aromatic nitrogens is 3. The number of hydrogen-bond acceptors (Lipinski definition) is 4. The molecule has 0 amide bonds. The molecule has 0 radical (unpaired) electrons. The van der Waals surface area contributed by atoms with Crippen LogP contribution in [0.1, 0.15) is 11.1 Å². The number of methoxy groups -OCH3 is 2. The number of hydrogen-bond donors (Lipinski definition) is 0. The second-order valence-electron chi connectivity index (χ2n) is 5.01. The summed E-state index contributed by atoms with van der Waals surface area (Å²) in [4.78, 5) is 8.92. The second-order valence-corrected chi connectivity index (χ2v) is 5.01. The number of benzene rings is 1. The summed E-state index contributed by atoms with van der Waals surface area (Å²) < 4.78 is 12.4. The standard InChI is InChI=1S/C16H17N3O2/c1-10-5-11(2)7-12(6-10)13-9-19-15(21-4)8-14(20-3)18-16(19)17-13/h5-9H,1-4H3. The molecule has 21 heavy (non-hydrogen) atoms. The van der Waals surface area contributed by atoms with Crippen molar-refractivity contribution in [1.29, 1.82) is 0 Å². The highest BCUT2D eigenvalue weighted by atomic mass is 16.5. The fraction of sp³-hybridized carbons (Fsp3) is 0.250. The molecule has 0 aliphatic rings. The second kappa shape index (κ2) is 5.09. The largest absolute Gasteiger partial charge is 0.482 e. The number of fused-ring (bicyclic) bond motifs is 1.